The third kappa shape index (κ3) is 0.833. The van der Waals surface area contributed by atoms with Crippen LogP contribution in [0.3, 0.4) is 0 Å². The molecule has 1 amide bonds. The van der Waals surface area contributed by atoms with Crippen LogP contribution in [0.4, 0.5) is 5.82 Å². The number of aromatic nitrogens is 1. The number of nitrogens with one attached hydrogen (secondary N) is 1. The number of amides is 1. The van der Waals surface area contributed by atoms with Crippen molar-refractivity contribution in [3.63, 3.8) is 0 Å². The number of carbonyl (C=O) groups excluding carboxylic acids is 1. The molecule has 4 nitrogen and oxygen atoms in total. The van der Waals surface area contributed by atoms with E-state index in [1.807, 2.05) is 6.07 Å². The van der Waals surface area contributed by atoms with Crippen LogP contribution in [0.5, 0.6) is 0 Å². The van der Waals surface area contributed by atoms with Gasteiger partial charge in [0, 0.05) is 11.8 Å². The number of carbonyl (C=O) groups is 1. The van der Waals surface area contributed by atoms with E-state index < -0.39 is 6.10 Å². The highest BCUT2D eigenvalue weighted by Crippen LogP contribution is 2.37. The zero-order valence-electron chi connectivity index (χ0n) is 6.91. The van der Waals surface area contributed by atoms with Crippen LogP contribution in [0.1, 0.15) is 17.2 Å². The SMILES string of the molecule is O=C1Nc2nccc3c2C1OCC3. The number of pyridine rings is 1. The van der Waals surface area contributed by atoms with Gasteiger partial charge in [-0.25, -0.2) is 4.98 Å². The summed E-state index contributed by atoms with van der Waals surface area (Å²) in [4.78, 5) is 15.5. The summed E-state index contributed by atoms with van der Waals surface area (Å²) in [5.41, 5.74) is 2.12. The zero-order valence-corrected chi connectivity index (χ0v) is 6.91. The van der Waals surface area contributed by atoms with E-state index in [-0.39, 0.29) is 5.91 Å². The molecule has 2 aliphatic rings. The van der Waals surface area contributed by atoms with Crippen molar-refractivity contribution in [2.45, 2.75) is 12.5 Å². The zero-order chi connectivity index (χ0) is 8.84. The third-order valence-electron chi connectivity index (χ3n) is 2.48. The minimum atomic E-state index is -0.410. The van der Waals surface area contributed by atoms with Crippen LogP contribution in [0.25, 0.3) is 0 Å². The fraction of sp³-hybridized carbons (Fsp3) is 0.333. The average Bonchev–Trinajstić information content (AvgIpc) is 2.47. The second-order valence-corrected chi connectivity index (χ2v) is 3.22. The lowest BCUT2D eigenvalue weighted by Gasteiger charge is -2.18. The van der Waals surface area contributed by atoms with Gasteiger partial charge in [-0.05, 0) is 18.1 Å². The summed E-state index contributed by atoms with van der Waals surface area (Å²) in [7, 11) is 0. The first-order valence-electron chi connectivity index (χ1n) is 4.26. The molecule has 66 valence electrons. The number of ether oxygens (including phenoxy) is 1. The predicted molar refractivity (Wildman–Crippen MR) is 45.3 cm³/mol. The smallest absolute Gasteiger partial charge is 0.259 e. The van der Waals surface area contributed by atoms with Crippen LogP contribution in [-0.4, -0.2) is 17.5 Å². The van der Waals surface area contributed by atoms with Crippen LogP contribution >= 0.6 is 0 Å². The lowest BCUT2D eigenvalue weighted by molar-refractivity contribution is -0.127. The largest absolute Gasteiger partial charge is 0.363 e. The van der Waals surface area contributed by atoms with E-state index in [1.54, 1.807) is 6.20 Å². The molecule has 0 fully saturated rings. The van der Waals surface area contributed by atoms with Crippen molar-refractivity contribution in [2.75, 3.05) is 11.9 Å². The highest BCUT2D eigenvalue weighted by Gasteiger charge is 2.36. The molecule has 13 heavy (non-hydrogen) atoms. The molecule has 0 saturated carbocycles. The van der Waals surface area contributed by atoms with Gasteiger partial charge in [-0.3, -0.25) is 4.79 Å². The first-order chi connectivity index (χ1) is 6.36. The molecule has 0 radical (unpaired) electrons. The van der Waals surface area contributed by atoms with Crippen LogP contribution in [0.15, 0.2) is 12.3 Å². The molecule has 1 atom stereocenters. The van der Waals surface area contributed by atoms with Gasteiger partial charge in [-0.1, -0.05) is 0 Å². The maximum atomic E-state index is 11.4. The number of rotatable bonds is 0. The Morgan fingerprint density at radius 1 is 1.62 bits per heavy atom. The van der Waals surface area contributed by atoms with Crippen molar-refractivity contribution in [1.29, 1.82) is 0 Å². The lowest BCUT2D eigenvalue weighted by atomic mass is 10.0. The molecular formula is C9H8N2O2. The quantitative estimate of drug-likeness (QED) is 0.631. The molecule has 0 bridgehead atoms. The lowest BCUT2D eigenvalue weighted by Crippen LogP contribution is -2.20. The van der Waals surface area contributed by atoms with Crippen LogP contribution in [-0.2, 0) is 16.0 Å². The number of hydrogen-bond acceptors (Lipinski definition) is 3. The number of anilines is 1. The topological polar surface area (TPSA) is 51.2 Å². The van der Waals surface area contributed by atoms with Gasteiger partial charge in [0.25, 0.3) is 5.91 Å². The highest BCUT2D eigenvalue weighted by molar-refractivity contribution is 6.01. The van der Waals surface area contributed by atoms with Gasteiger partial charge in [-0.2, -0.15) is 0 Å². The van der Waals surface area contributed by atoms with Crippen molar-refractivity contribution in [1.82, 2.24) is 4.98 Å². The van der Waals surface area contributed by atoms with Gasteiger partial charge in [0.15, 0.2) is 6.10 Å². The molecular weight excluding hydrogens is 168 g/mol. The van der Waals surface area contributed by atoms with Gasteiger partial charge in [0.1, 0.15) is 5.82 Å². The fourth-order valence-corrected chi connectivity index (χ4v) is 1.88. The van der Waals surface area contributed by atoms with Gasteiger partial charge in [0.2, 0.25) is 0 Å². The van der Waals surface area contributed by atoms with Crippen LogP contribution in [0.2, 0.25) is 0 Å². The molecule has 3 heterocycles. The van der Waals surface area contributed by atoms with E-state index >= 15 is 0 Å². The minimum absolute atomic E-state index is 0.0883. The van der Waals surface area contributed by atoms with E-state index in [2.05, 4.69) is 10.3 Å². The van der Waals surface area contributed by atoms with E-state index in [1.165, 1.54) is 5.56 Å². The van der Waals surface area contributed by atoms with Gasteiger partial charge in [-0.15, -0.1) is 0 Å². The summed E-state index contributed by atoms with van der Waals surface area (Å²) in [6.07, 6.45) is 2.19. The standard InChI is InChI=1S/C9H8N2O2/c12-9-7-6-5(2-4-13-7)1-3-10-8(6)11-9/h1,3,7H,2,4H2,(H,10,11,12). The second-order valence-electron chi connectivity index (χ2n) is 3.22. The van der Waals surface area contributed by atoms with E-state index in [9.17, 15) is 4.79 Å². The van der Waals surface area contributed by atoms with Crippen molar-refractivity contribution in [2.24, 2.45) is 0 Å². The molecule has 1 aromatic heterocycles. The minimum Gasteiger partial charge on any atom is -0.363 e. The molecule has 2 aliphatic heterocycles. The Bertz CT molecular complexity index is 389. The molecule has 1 aromatic rings. The van der Waals surface area contributed by atoms with E-state index in [0.29, 0.717) is 12.4 Å². The monoisotopic (exact) mass is 176 g/mol. The maximum absolute atomic E-state index is 11.4. The summed E-state index contributed by atoms with van der Waals surface area (Å²) < 4.78 is 5.37. The van der Waals surface area contributed by atoms with Crippen molar-refractivity contribution in [3.05, 3.63) is 23.4 Å². The Labute approximate surface area is 74.9 Å². The summed E-state index contributed by atoms with van der Waals surface area (Å²) in [5, 5.41) is 2.70. The Balaban J connectivity index is 2.25. The fourth-order valence-electron chi connectivity index (χ4n) is 1.88. The van der Waals surface area contributed by atoms with Crippen molar-refractivity contribution in [3.8, 4) is 0 Å². The Morgan fingerprint density at radius 2 is 2.54 bits per heavy atom. The summed E-state index contributed by atoms with van der Waals surface area (Å²) in [6.45, 7) is 0.620. The number of nitrogens with zero attached hydrogens (tertiary/aromatic N) is 1. The summed E-state index contributed by atoms with van der Waals surface area (Å²) in [6, 6.07) is 1.95. The van der Waals surface area contributed by atoms with Gasteiger partial charge in [0.05, 0.1) is 6.61 Å². The van der Waals surface area contributed by atoms with Crippen LogP contribution in [0, 0.1) is 0 Å². The molecule has 1 unspecified atom stereocenters. The predicted octanol–water partition coefficient (Wildman–Crippen LogP) is 0.647. The maximum Gasteiger partial charge on any atom is 0.259 e. The molecule has 0 aromatic carbocycles. The summed E-state index contributed by atoms with van der Waals surface area (Å²) >= 11 is 0. The molecule has 0 aliphatic carbocycles. The molecule has 4 heteroatoms. The summed E-state index contributed by atoms with van der Waals surface area (Å²) in [5.74, 6) is 0.585. The first kappa shape index (κ1) is 7.03. The van der Waals surface area contributed by atoms with Gasteiger partial charge >= 0.3 is 0 Å². The Kier molecular flexibility index (Phi) is 1.24. The first-order valence-corrected chi connectivity index (χ1v) is 4.26. The average molecular weight is 176 g/mol. The normalized spacial score (nSPS) is 24.0. The molecule has 1 N–H and O–H groups in total. The Morgan fingerprint density at radius 3 is 3.46 bits per heavy atom. The third-order valence-corrected chi connectivity index (χ3v) is 2.48. The molecule has 0 saturated heterocycles. The molecule has 3 rings (SSSR count). The Hall–Kier alpha value is -1.42. The molecule has 0 spiro atoms. The van der Waals surface area contributed by atoms with Gasteiger partial charge < -0.3 is 10.1 Å². The van der Waals surface area contributed by atoms with E-state index in [4.69, 9.17) is 4.74 Å². The van der Waals surface area contributed by atoms with Crippen LogP contribution < -0.4 is 5.32 Å². The van der Waals surface area contributed by atoms with E-state index in [0.717, 1.165) is 12.0 Å². The van der Waals surface area contributed by atoms with Crippen molar-refractivity contribution >= 4 is 11.7 Å². The highest BCUT2D eigenvalue weighted by atomic mass is 16.5. The number of hydrogen-bond donors (Lipinski definition) is 1. The van der Waals surface area contributed by atoms with Crippen molar-refractivity contribution < 1.29 is 9.53 Å². The second kappa shape index (κ2) is 2.29.